The lowest BCUT2D eigenvalue weighted by molar-refractivity contribution is -0.151. The maximum absolute atomic E-state index is 12.2. The molecule has 0 spiro atoms. The van der Waals surface area contributed by atoms with E-state index < -0.39 is 12.1 Å². The van der Waals surface area contributed by atoms with E-state index in [1.807, 2.05) is 6.92 Å². The molecule has 4 heteroatoms. The number of carbonyl (C=O) groups is 2. The first-order chi connectivity index (χ1) is 8.01. The highest BCUT2D eigenvalue weighted by atomic mass is 16.3. The van der Waals surface area contributed by atoms with E-state index in [2.05, 4.69) is 5.32 Å². The zero-order chi connectivity index (χ0) is 12.2. The second-order valence-electron chi connectivity index (χ2n) is 6.23. The molecule has 3 fully saturated rings. The van der Waals surface area contributed by atoms with Gasteiger partial charge in [0.1, 0.15) is 6.10 Å². The maximum Gasteiger partial charge on any atom is 0.220 e. The van der Waals surface area contributed by atoms with Crippen LogP contribution in [0.5, 0.6) is 0 Å². The average Bonchev–Trinajstić information content (AvgIpc) is 2.43. The van der Waals surface area contributed by atoms with Crippen LogP contribution in [0.2, 0.25) is 0 Å². The second-order valence-corrected chi connectivity index (χ2v) is 6.23. The third kappa shape index (κ3) is 1.53. The van der Waals surface area contributed by atoms with Crippen LogP contribution in [0.3, 0.4) is 0 Å². The molecule has 2 bridgehead atoms. The highest BCUT2D eigenvalue weighted by molar-refractivity contribution is 5.94. The summed E-state index contributed by atoms with van der Waals surface area (Å²) in [5.41, 5.74) is -0.269. The van der Waals surface area contributed by atoms with Gasteiger partial charge in [-0.05, 0) is 31.1 Å². The zero-order valence-corrected chi connectivity index (χ0v) is 10.1. The summed E-state index contributed by atoms with van der Waals surface area (Å²) in [5, 5.41) is 13.0. The van der Waals surface area contributed by atoms with Gasteiger partial charge in [-0.2, -0.15) is 0 Å². The van der Waals surface area contributed by atoms with Crippen LogP contribution in [0, 0.1) is 17.3 Å². The Balaban J connectivity index is 2.00. The van der Waals surface area contributed by atoms with E-state index in [0.717, 1.165) is 25.7 Å². The number of carbonyl (C=O) groups excluding carboxylic acids is 2. The normalized spacial score (nSPS) is 49.5. The predicted molar refractivity (Wildman–Crippen MR) is 61.1 cm³/mol. The van der Waals surface area contributed by atoms with E-state index >= 15 is 0 Å². The van der Waals surface area contributed by atoms with Crippen molar-refractivity contribution in [1.29, 1.82) is 0 Å². The van der Waals surface area contributed by atoms with E-state index in [-0.39, 0.29) is 23.0 Å². The van der Waals surface area contributed by atoms with Crippen molar-refractivity contribution < 1.29 is 14.7 Å². The number of aliphatic hydroxyl groups is 1. The fourth-order valence-corrected chi connectivity index (χ4v) is 4.05. The Morgan fingerprint density at radius 1 is 1.41 bits per heavy atom. The zero-order valence-electron chi connectivity index (χ0n) is 10.1. The van der Waals surface area contributed by atoms with E-state index in [1.54, 1.807) is 0 Å². The number of piperidine rings is 1. The summed E-state index contributed by atoms with van der Waals surface area (Å²) in [6.45, 7) is 2.02. The topological polar surface area (TPSA) is 66.4 Å². The van der Waals surface area contributed by atoms with Gasteiger partial charge in [0.05, 0.1) is 6.04 Å². The molecule has 3 rings (SSSR count). The lowest BCUT2D eigenvalue weighted by atomic mass is 9.62. The van der Waals surface area contributed by atoms with Crippen LogP contribution in [-0.4, -0.2) is 28.9 Å². The van der Waals surface area contributed by atoms with Crippen LogP contribution in [0.25, 0.3) is 0 Å². The molecule has 94 valence electrons. The van der Waals surface area contributed by atoms with Crippen LogP contribution in [0.15, 0.2) is 0 Å². The molecule has 2 N–H and O–H groups in total. The molecule has 5 atom stereocenters. The van der Waals surface area contributed by atoms with Crippen LogP contribution < -0.4 is 5.32 Å². The predicted octanol–water partition coefficient (Wildman–Crippen LogP) is 0.631. The lowest BCUT2D eigenvalue weighted by Gasteiger charge is -2.47. The quantitative estimate of drug-likeness (QED) is 0.649. The minimum Gasteiger partial charge on any atom is -0.385 e. The first-order valence-electron chi connectivity index (χ1n) is 6.52. The lowest BCUT2D eigenvalue weighted by Crippen LogP contribution is -2.62. The van der Waals surface area contributed by atoms with Crippen molar-refractivity contribution in [2.75, 3.05) is 0 Å². The van der Waals surface area contributed by atoms with Crippen molar-refractivity contribution in [3.05, 3.63) is 0 Å². The largest absolute Gasteiger partial charge is 0.385 e. The van der Waals surface area contributed by atoms with Crippen LogP contribution in [0.4, 0.5) is 0 Å². The van der Waals surface area contributed by atoms with Crippen molar-refractivity contribution in [3.8, 4) is 0 Å². The van der Waals surface area contributed by atoms with Gasteiger partial charge in [0.25, 0.3) is 0 Å². The molecular weight excluding hydrogens is 218 g/mol. The number of hydrogen-bond acceptors (Lipinski definition) is 3. The van der Waals surface area contributed by atoms with Crippen LogP contribution in [0.1, 0.15) is 39.0 Å². The smallest absolute Gasteiger partial charge is 0.220 e. The number of hydrogen-bond donors (Lipinski definition) is 2. The molecule has 2 saturated carbocycles. The van der Waals surface area contributed by atoms with Crippen LogP contribution >= 0.6 is 0 Å². The summed E-state index contributed by atoms with van der Waals surface area (Å²) >= 11 is 0. The summed E-state index contributed by atoms with van der Waals surface area (Å²) in [6.07, 6.45) is 3.46. The van der Waals surface area contributed by atoms with Gasteiger partial charge in [0, 0.05) is 11.8 Å². The van der Waals surface area contributed by atoms with Crippen molar-refractivity contribution >= 4 is 11.7 Å². The molecule has 4 nitrogen and oxygen atoms in total. The Morgan fingerprint density at radius 3 is 2.94 bits per heavy atom. The minimum atomic E-state index is -0.902. The Kier molecular flexibility index (Phi) is 2.34. The van der Waals surface area contributed by atoms with E-state index in [1.165, 1.54) is 0 Å². The first-order valence-corrected chi connectivity index (χ1v) is 6.52. The summed E-state index contributed by atoms with van der Waals surface area (Å²) in [7, 11) is 0. The molecule has 1 amide bonds. The number of fused-ring (bicyclic) bond motifs is 1. The third-order valence-corrected chi connectivity index (χ3v) is 5.06. The van der Waals surface area contributed by atoms with Gasteiger partial charge < -0.3 is 10.4 Å². The molecule has 2 aliphatic carbocycles. The summed E-state index contributed by atoms with van der Waals surface area (Å²) in [6, 6.07) is -0.428. The highest BCUT2D eigenvalue weighted by Crippen LogP contribution is 2.50. The monoisotopic (exact) mass is 237 g/mol. The Morgan fingerprint density at radius 2 is 2.18 bits per heavy atom. The fourth-order valence-electron chi connectivity index (χ4n) is 4.05. The Hall–Kier alpha value is -0.900. The maximum atomic E-state index is 12.2. The van der Waals surface area contributed by atoms with Gasteiger partial charge in [-0.3, -0.25) is 9.59 Å². The van der Waals surface area contributed by atoms with Gasteiger partial charge in [-0.15, -0.1) is 0 Å². The standard InChI is InChI=1S/C13H19NO3/c1-13-4-2-3-7-5-9(15)14-10(8(7)6-13)11(16)12(13)17/h7-8,10,12,17H,2-6H2,1H3,(H,14,15). The third-order valence-electron chi connectivity index (χ3n) is 5.06. The van der Waals surface area contributed by atoms with Gasteiger partial charge in [0.15, 0.2) is 5.78 Å². The highest BCUT2D eigenvalue weighted by Gasteiger charge is 2.55. The summed E-state index contributed by atoms with van der Waals surface area (Å²) in [5.74, 6) is 0.397. The van der Waals surface area contributed by atoms with Gasteiger partial charge >= 0.3 is 0 Å². The number of aliphatic hydroxyl groups excluding tert-OH is 1. The molecule has 1 aliphatic heterocycles. The minimum absolute atomic E-state index is 0.0256. The molecule has 0 aromatic carbocycles. The molecule has 3 aliphatic rings. The van der Waals surface area contributed by atoms with Gasteiger partial charge in [0.2, 0.25) is 5.91 Å². The van der Waals surface area contributed by atoms with E-state index in [9.17, 15) is 14.7 Å². The average molecular weight is 237 g/mol. The van der Waals surface area contributed by atoms with Gasteiger partial charge in [-0.1, -0.05) is 13.3 Å². The SMILES string of the molecule is CC12CCCC3CC(=O)NC(C(=O)C1O)C3C2. The number of nitrogens with one attached hydrogen (secondary N) is 1. The molecule has 17 heavy (non-hydrogen) atoms. The Labute approximate surface area is 101 Å². The number of rotatable bonds is 0. The number of Topliss-reactive ketones (excluding diaryl/α,β-unsaturated/α-hetero) is 1. The van der Waals surface area contributed by atoms with E-state index in [0.29, 0.717) is 12.3 Å². The molecule has 1 saturated heterocycles. The van der Waals surface area contributed by atoms with Crippen LogP contribution in [-0.2, 0) is 9.59 Å². The van der Waals surface area contributed by atoms with Gasteiger partial charge in [-0.25, -0.2) is 0 Å². The van der Waals surface area contributed by atoms with E-state index in [4.69, 9.17) is 0 Å². The molecular formula is C13H19NO3. The molecule has 1 heterocycles. The molecule has 0 aromatic rings. The molecule has 0 radical (unpaired) electrons. The fraction of sp³-hybridized carbons (Fsp3) is 0.846. The van der Waals surface area contributed by atoms with Crippen molar-refractivity contribution in [2.45, 2.75) is 51.2 Å². The van der Waals surface area contributed by atoms with Crippen molar-refractivity contribution in [3.63, 3.8) is 0 Å². The number of ketones is 1. The van der Waals surface area contributed by atoms with Crippen molar-refractivity contribution in [1.82, 2.24) is 5.32 Å². The first kappa shape index (κ1) is 11.2. The summed E-state index contributed by atoms with van der Waals surface area (Å²) in [4.78, 5) is 23.8. The van der Waals surface area contributed by atoms with Crippen molar-refractivity contribution in [2.24, 2.45) is 17.3 Å². The Bertz CT molecular complexity index is 381. The number of amides is 1. The second kappa shape index (κ2) is 3.55. The molecule has 5 unspecified atom stereocenters. The molecule has 0 aromatic heterocycles. The summed E-state index contributed by atoms with van der Waals surface area (Å²) < 4.78 is 0.